The summed E-state index contributed by atoms with van der Waals surface area (Å²) in [7, 11) is 0. The summed E-state index contributed by atoms with van der Waals surface area (Å²) >= 11 is 1.85. The molecule has 1 atom stereocenters. The Hall–Kier alpha value is -0.930. The van der Waals surface area contributed by atoms with Crippen molar-refractivity contribution in [3.63, 3.8) is 0 Å². The van der Waals surface area contributed by atoms with Crippen LogP contribution >= 0.6 is 11.3 Å². The number of benzene rings is 1. The van der Waals surface area contributed by atoms with Crippen LogP contribution in [-0.2, 0) is 0 Å². The quantitative estimate of drug-likeness (QED) is 0.754. The van der Waals surface area contributed by atoms with E-state index in [0.717, 1.165) is 5.52 Å². The maximum absolute atomic E-state index is 4.68. The van der Waals surface area contributed by atoms with Crippen LogP contribution in [0.2, 0.25) is 0 Å². The highest BCUT2D eigenvalue weighted by Crippen LogP contribution is 2.27. The molecule has 1 aliphatic rings. The van der Waals surface area contributed by atoms with E-state index in [9.17, 15) is 0 Å². The van der Waals surface area contributed by atoms with Crippen molar-refractivity contribution in [1.29, 1.82) is 0 Å². The van der Waals surface area contributed by atoms with Crippen LogP contribution in [0.15, 0.2) is 24.3 Å². The van der Waals surface area contributed by atoms with E-state index >= 15 is 0 Å². The number of nitrogens with zero attached hydrogens (tertiary/aromatic N) is 1. The molecule has 3 heteroatoms. The third-order valence-corrected chi connectivity index (χ3v) is 3.97. The van der Waals surface area contributed by atoms with Gasteiger partial charge in [0.15, 0.2) is 5.01 Å². The van der Waals surface area contributed by atoms with Crippen LogP contribution in [0.5, 0.6) is 0 Å². The highest BCUT2D eigenvalue weighted by atomic mass is 32.1. The van der Waals surface area contributed by atoms with Gasteiger partial charge in [-0.2, -0.15) is 0 Å². The average molecular weight is 205 g/mol. The van der Waals surface area contributed by atoms with Gasteiger partial charge in [-0.3, -0.25) is 0 Å². The van der Waals surface area contributed by atoms with Gasteiger partial charge < -0.3 is 5.32 Å². The predicted molar refractivity (Wildman–Crippen MR) is 58.4 cm³/mol. The molecule has 0 aliphatic carbocycles. The first-order valence-corrected chi connectivity index (χ1v) is 5.94. The molecule has 0 unspecified atom stereocenters. The van der Waals surface area contributed by atoms with Gasteiger partial charge in [-0.1, -0.05) is 12.1 Å². The molecule has 1 aromatic carbocycles. The summed E-state index contributed by atoms with van der Waals surface area (Å²) in [6.45, 7) is 1.26. The van der Waals surface area contributed by atoms with Gasteiger partial charge in [-0.15, -0.1) is 11.3 Å². The summed E-state index contributed by atoms with van der Waals surface area (Å²) in [5.74, 6) is 0. The normalized spacial score (nSPS) is 21.9. The van der Waals surface area contributed by atoms with Crippen molar-refractivity contribution in [3.8, 4) is 0 Å². The molecule has 2 heterocycles. The fourth-order valence-electron chi connectivity index (χ4n) is 2.05. The van der Waals surface area contributed by atoms with Gasteiger partial charge in [0.1, 0.15) is 6.04 Å². The molecule has 0 spiro atoms. The van der Waals surface area contributed by atoms with Gasteiger partial charge in [0.05, 0.1) is 16.8 Å². The molecule has 1 fully saturated rings. The molecule has 1 saturated heterocycles. The number of aromatic nitrogens is 1. The van der Waals surface area contributed by atoms with Crippen LogP contribution in [-0.4, -0.2) is 11.5 Å². The van der Waals surface area contributed by atoms with E-state index in [1.165, 1.54) is 29.1 Å². The van der Waals surface area contributed by atoms with Gasteiger partial charge in [0.2, 0.25) is 0 Å². The molecule has 0 saturated carbocycles. The average Bonchev–Trinajstić information content (AvgIpc) is 2.86. The molecule has 2 nitrogen and oxygen atoms in total. The number of hydrogen-bond acceptors (Lipinski definition) is 2. The fourth-order valence-corrected chi connectivity index (χ4v) is 3.15. The number of rotatable bonds is 1. The smallest absolute Gasteiger partial charge is 0.151 e. The summed E-state index contributed by atoms with van der Waals surface area (Å²) in [5, 5.41) is 3.72. The van der Waals surface area contributed by atoms with Crippen molar-refractivity contribution < 1.29 is 5.32 Å². The minimum Gasteiger partial charge on any atom is -0.338 e. The number of hydrogen-bond donors (Lipinski definition) is 1. The van der Waals surface area contributed by atoms with Crippen molar-refractivity contribution in [3.05, 3.63) is 29.3 Å². The molecule has 0 bridgehead atoms. The molecular formula is C11H13N2S+. The van der Waals surface area contributed by atoms with Gasteiger partial charge in [0, 0.05) is 12.8 Å². The Morgan fingerprint density at radius 1 is 1.36 bits per heavy atom. The first kappa shape index (κ1) is 8.38. The van der Waals surface area contributed by atoms with E-state index < -0.39 is 0 Å². The molecule has 1 aromatic heterocycles. The Morgan fingerprint density at radius 2 is 2.29 bits per heavy atom. The second kappa shape index (κ2) is 3.33. The molecular weight excluding hydrogens is 192 g/mol. The van der Waals surface area contributed by atoms with Gasteiger partial charge >= 0.3 is 0 Å². The lowest BCUT2D eigenvalue weighted by molar-refractivity contribution is -0.676. The topological polar surface area (TPSA) is 29.5 Å². The maximum atomic E-state index is 4.68. The Morgan fingerprint density at radius 3 is 3.07 bits per heavy atom. The highest BCUT2D eigenvalue weighted by Gasteiger charge is 2.23. The van der Waals surface area contributed by atoms with E-state index in [1.807, 2.05) is 11.3 Å². The number of quaternary nitrogens is 1. The first-order chi connectivity index (χ1) is 6.93. The lowest BCUT2D eigenvalue weighted by atomic mass is 10.2. The minimum absolute atomic E-state index is 0.632. The summed E-state index contributed by atoms with van der Waals surface area (Å²) < 4.78 is 1.32. The molecule has 0 amide bonds. The number of thiazole rings is 1. The lowest BCUT2D eigenvalue weighted by Gasteiger charge is -1.99. The highest BCUT2D eigenvalue weighted by molar-refractivity contribution is 7.18. The van der Waals surface area contributed by atoms with E-state index in [2.05, 4.69) is 34.6 Å². The van der Waals surface area contributed by atoms with Crippen molar-refractivity contribution in [1.82, 2.24) is 4.98 Å². The van der Waals surface area contributed by atoms with Crippen molar-refractivity contribution in [2.45, 2.75) is 18.9 Å². The summed E-state index contributed by atoms with van der Waals surface area (Å²) in [6, 6.07) is 9.04. The van der Waals surface area contributed by atoms with Crippen LogP contribution in [0.3, 0.4) is 0 Å². The zero-order valence-electron chi connectivity index (χ0n) is 7.94. The van der Waals surface area contributed by atoms with Gasteiger partial charge in [-0.25, -0.2) is 4.98 Å². The molecule has 14 heavy (non-hydrogen) atoms. The third-order valence-electron chi connectivity index (χ3n) is 2.80. The van der Waals surface area contributed by atoms with Crippen molar-refractivity contribution >= 4 is 21.6 Å². The molecule has 72 valence electrons. The van der Waals surface area contributed by atoms with Crippen LogP contribution < -0.4 is 5.32 Å². The summed E-state index contributed by atoms with van der Waals surface area (Å²) in [4.78, 5) is 4.68. The molecule has 1 aliphatic heterocycles. The lowest BCUT2D eigenvalue weighted by Crippen LogP contribution is -2.81. The van der Waals surface area contributed by atoms with Crippen LogP contribution in [0, 0.1) is 0 Å². The fraction of sp³-hybridized carbons (Fsp3) is 0.364. The Balaban J connectivity index is 2.05. The number of fused-ring (bicyclic) bond motifs is 1. The SMILES string of the molecule is c1ccc2sc([C@@H]3CCC[NH2+]3)nc2c1. The Labute approximate surface area is 87.0 Å². The number of nitrogens with two attached hydrogens (primary N) is 1. The predicted octanol–water partition coefficient (Wildman–Crippen LogP) is 1.69. The minimum atomic E-state index is 0.632. The van der Waals surface area contributed by atoms with Crippen LogP contribution in [0.4, 0.5) is 0 Å². The zero-order valence-corrected chi connectivity index (χ0v) is 8.76. The van der Waals surface area contributed by atoms with E-state index in [1.54, 1.807) is 0 Å². The second-order valence-corrected chi connectivity index (χ2v) is 4.86. The summed E-state index contributed by atoms with van der Waals surface area (Å²) in [6.07, 6.45) is 2.63. The van der Waals surface area contributed by atoms with Crippen molar-refractivity contribution in [2.24, 2.45) is 0 Å². The van der Waals surface area contributed by atoms with Gasteiger partial charge in [-0.05, 0) is 12.1 Å². The third kappa shape index (κ3) is 1.33. The molecule has 0 radical (unpaired) electrons. The van der Waals surface area contributed by atoms with Crippen LogP contribution in [0.1, 0.15) is 23.9 Å². The zero-order chi connectivity index (χ0) is 9.38. The second-order valence-electron chi connectivity index (χ2n) is 3.79. The van der Waals surface area contributed by atoms with E-state index in [0.29, 0.717) is 6.04 Å². The molecule has 2 aromatic rings. The first-order valence-electron chi connectivity index (χ1n) is 5.12. The molecule has 2 N–H and O–H groups in total. The number of para-hydroxylation sites is 1. The van der Waals surface area contributed by atoms with E-state index in [4.69, 9.17) is 0 Å². The van der Waals surface area contributed by atoms with E-state index in [-0.39, 0.29) is 0 Å². The largest absolute Gasteiger partial charge is 0.338 e. The van der Waals surface area contributed by atoms with Gasteiger partial charge in [0.25, 0.3) is 0 Å². The Bertz CT molecular complexity index is 410. The molecule has 3 rings (SSSR count). The summed E-state index contributed by atoms with van der Waals surface area (Å²) in [5.41, 5.74) is 1.16. The Kier molecular flexibility index (Phi) is 2.00. The standard InChI is InChI=1S/C11H12N2S/c1-2-6-10-8(4-1)13-11(14-10)9-5-3-7-12-9/h1-2,4,6,9,12H,3,5,7H2/p+1/t9-/m0/s1. The van der Waals surface area contributed by atoms with Crippen molar-refractivity contribution in [2.75, 3.05) is 6.54 Å². The monoisotopic (exact) mass is 205 g/mol. The van der Waals surface area contributed by atoms with Crippen LogP contribution in [0.25, 0.3) is 10.2 Å². The maximum Gasteiger partial charge on any atom is 0.151 e.